The number of carbonyl (C=O) groups is 1. The molecule has 0 bridgehead atoms. The van der Waals surface area contributed by atoms with Crippen molar-refractivity contribution in [1.82, 2.24) is 0 Å². The second-order valence-electron chi connectivity index (χ2n) is 1.46. The van der Waals surface area contributed by atoms with Gasteiger partial charge in [0.05, 0.1) is 0 Å². The van der Waals surface area contributed by atoms with Crippen LogP contribution in [0.2, 0.25) is 0 Å². The van der Waals surface area contributed by atoms with Gasteiger partial charge in [0.1, 0.15) is 5.94 Å². The zero-order chi connectivity index (χ0) is 7.28. The van der Waals surface area contributed by atoms with Gasteiger partial charge in [-0.25, -0.2) is 9.59 Å². The average molecular weight is 126 g/mol. The molecular formula is C6H6O3. The Kier molecular flexibility index (Phi) is 3.09. The maximum Gasteiger partial charge on any atom is 0.328 e. The SMILES string of the molecule is CC(=C=O)C=CC(=O)O. The molecule has 0 aliphatic carbocycles. The van der Waals surface area contributed by atoms with Crippen LogP contribution in [0.25, 0.3) is 0 Å². The molecule has 1 N–H and O–H groups in total. The highest BCUT2D eigenvalue weighted by atomic mass is 16.4. The predicted molar refractivity (Wildman–Crippen MR) is 31.7 cm³/mol. The van der Waals surface area contributed by atoms with Gasteiger partial charge in [-0.2, -0.15) is 0 Å². The average Bonchev–Trinajstić information content (AvgIpc) is 1.83. The van der Waals surface area contributed by atoms with Crippen LogP contribution in [0.15, 0.2) is 17.7 Å². The Balaban J connectivity index is 4.01. The summed E-state index contributed by atoms with van der Waals surface area (Å²) in [4.78, 5) is 19.5. The topological polar surface area (TPSA) is 54.4 Å². The first-order valence-corrected chi connectivity index (χ1v) is 2.29. The van der Waals surface area contributed by atoms with Gasteiger partial charge in [0, 0.05) is 11.6 Å². The van der Waals surface area contributed by atoms with E-state index in [4.69, 9.17) is 5.11 Å². The van der Waals surface area contributed by atoms with E-state index in [1.54, 1.807) is 0 Å². The molecule has 0 aromatic carbocycles. The van der Waals surface area contributed by atoms with Crippen molar-refractivity contribution in [2.24, 2.45) is 0 Å². The van der Waals surface area contributed by atoms with Gasteiger partial charge in [-0.1, -0.05) is 0 Å². The molecule has 0 fully saturated rings. The molecule has 0 unspecified atom stereocenters. The first kappa shape index (κ1) is 7.66. The highest BCUT2D eigenvalue weighted by Crippen LogP contribution is 1.85. The minimum Gasteiger partial charge on any atom is -0.478 e. The first-order chi connectivity index (χ1) is 4.16. The lowest BCUT2D eigenvalue weighted by Gasteiger charge is -1.77. The van der Waals surface area contributed by atoms with Crippen molar-refractivity contribution in [3.8, 4) is 0 Å². The van der Waals surface area contributed by atoms with Gasteiger partial charge in [-0.15, -0.1) is 0 Å². The van der Waals surface area contributed by atoms with Crippen molar-refractivity contribution < 1.29 is 14.7 Å². The van der Waals surface area contributed by atoms with Crippen LogP contribution in [0.5, 0.6) is 0 Å². The lowest BCUT2D eigenvalue weighted by Crippen LogP contribution is -1.85. The van der Waals surface area contributed by atoms with Crippen LogP contribution in [-0.4, -0.2) is 17.0 Å². The van der Waals surface area contributed by atoms with E-state index in [0.717, 1.165) is 6.08 Å². The number of aliphatic carboxylic acids is 1. The van der Waals surface area contributed by atoms with Gasteiger partial charge >= 0.3 is 5.97 Å². The third-order valence-corrected chi connectivity index (χ3v) is 0.637. The fraction of sp³-hybridized carbons (Fsp3) is 0.167. The molecule has 0 radical (unpaired) electrons. The van der Waals surface area contributed by atoms with E-state index in [9.17, 15) is 9.59 Å². The molecule has 9 heavy (non-hydrogen) atoms. The summed E-state index contributed by atoms with van der Waals surface area (Å²) in [5.41, 5.74) is 0.275. The van der Waals surface area contributed by atoms with Crippen LogP contribution in [0, 0.1) is 0 Å². The van der Waals surface area contributed by atoms with Crippen LogP contribution in [0.3, 0.4) is 0 Å². The molecule has 0 amide bonds. The van der Waals surface area contributed by atoms with E-state index >= 15 is 0 Å². The van der Waals surface area contributed by atoms with Crippen LogP contribution < -0.4 is 0 Å². The molecule has 3 heteroatoms. The Morgan fingerprint density at radius 3 is 2.44 bits per heavy atom. The number of allylic oxidation sites excluding steroid dienone is 2. The largest absolute Gasteiger partial charge is 0.478 e. The van der Waals surface area contributed by atoms with Gasteiger partial charge in [0.2, 0.25) is 0 Å². The molecule has 0 heterocycles. The molecule has 0 aromatic rings. The quantitative estimate of drug-likeness (QED) is 0.331. The highest BCUT2D eigenvalue weighted by molar-refractivity contribution is 5.81. The summed E-state index contributed by atoms with van der Waals surface area (Å²) in [6, 6.07) is 0. The van der Waals surface area contributed by atoms with Crippen molar-refractivity contribution in [2.45, 2.75) is 6.92 Å². The van der Waals surface area contributed by atoms with Crippen molar-refractivity contribution >= 4 is 11.9 Å². The second-order valence-corrected chi connectivity index (χ2v) is 1.46. The summed E-state index contributed by atoms with van der Waals surface area (Å²) in [5, 5.41) is 8.03. The van der Waals surface area contributed by atoms with E-state index in [1.165, 1.54) is 18.9 Å². The summed E-state index contributed by atoms with van der Waals surface area (Å²) in [7, 11) is 0. The van der Waals surface area contributed by atoms with E-state index in [1.807, 2.05) is 0 Å². The summed E-state index contributed by atoms with van der Waals surface area (Å²) < 4.78 is 0. The van der Waals surface area contributed by atoms with Gasteiger partial charge in [-0.05, 0) is 13.0 Å². The standard InChI is InChI=1S/C6H6O3/c1-5(4-7)2-3-6(8)9/h2-3H,1H3,(H,8,9). The summed E-state index contributed by atoms with van der Waals surface area (Å²) >= 11 is 0. The van der Waals surface area contributed by atoms with E-state index in [2.05, 4.69) is 0 Å². The Morgan fingerprint density at radius 2 is 2.11 bits per heavy atom. The molecule has 0 spiro atoms. The molecule has 0 aliphatic heterocycles. The van der Waals surface area contributed by atoms with E-state index < -0.39 is 5.97 Å². The molecular weight excluding hydrogens is 120 g/mol. The number of hydrogen-bond acceptors (Lipinski definition) is 2. The Labute approximate surface area is 52.3 Å². The number of carboxylic acids is 1. The van der Waals surface area contributed by atoms with Gasteiger partial charge in [-0.3, -0.25) is 0 Å². The minimum absolute atomic E-state index is 0.275. The number of hydrogen-bond donors (Lipinski definition) is 1. The maximum absolute atomic E-state index is 9.79. The fourth-order valence-electron chi connectivity index (χ4n) is 0.230. The van der Waals surface area contributed by atoms with E-state index in [0.29, 0.717) is 0 Å². The lowest BCUT2D eigenvalue weighted by molar-refractivity contribution is -0.131. The van der Waals surface area contributed by atoms with Crippen molar-refractivity contribution in [1.29, 1.82) is 0 Å². The van der Waals surface area contributed by atoms with Crippen LogP contribution in [0.1, 0.15) is 6.92 Å². The van der Waals surface area contributed by atoms with Crippen molar-refractivity contribution in [3.63, 3.8) is 0 Å². The molecule has 3 nitrogen and oxygen atoms in total. The van der Waals surface area contributed by atoms with Crippen LogP contribution in [0.4, 0.5) is 0 Å². The number of carboxylic acid groups (broad SMARTS) is 1. The van der Waals surface area contributed by atoms with Gasteiger partial charge in [0.15, 0.2) is 0 Å². The molecule has 0 atom stereocenters. The molecule has 0 rings (SSSR count). The van der Waals surface area contributed by atoms with Gasteiger partial charge in [0.25, 0.3) is 0 Å². The molecule has 0 aliphatic rings. The van der Waals surface area contributed by atoms with Gasteiger partial charge < -0.3 is 5.11 Å². The van der Waals surface area contributed by atoms with Crippen molar-refractivity contribution in [2.75, 3.05) is 0 Å². The van der Waals surface area contributed by atoms with Crippen molar-refractivity contribution in [3.05, 3.63) is 17.7 Å². The number of carbonyl (C=O) groups excluding carboxylic acids is 1. The maximum atomic E-state index is 9.79. The van der Waals surface area contributed by atoms with E-state index in [-0.39, 0.29) is 5.57 Å². The monoisotopic (exact) mass is 126 g/mol. The zero-order valence-corrected chi connectivity index (χ0v) is 4.92. The number of rotatable bonds is 2. The lowest BCUT2D eigenvalue weighted by atomic mass is 10.3. The first-order valence-electron chi connectivity index (χ1n) is 2.29. The predicted octanol–water partition coefficient (Wildman–Crippen LogP) is 0.405. The van der Waals surface area contributed by atoms with Crippen LogP contribution in [-0.2, 0) is 9.59 Å². The second kappa shape index (κ2) is 3.64. The smallest absolute Gasteiger partial charge is 0.328 e. The third kappa shape index (κ3) is 4.51. The fourth-order valence-corrected chi connectivity index (χ4v) is 0.230. The Bertz CT molecular complexity index is 184. The molecule has 0 saturated carbocycles. The zero-order valence-electron chi connectivity index (χ0n) is 4.92. The molecule has 48 valence electrons. The molecule has 0 saturated heterocycles. The third-order valence-electron chi connectivity index (χ3n) is 0.637. The Hall–Kier alpha value is -1.34. The van der Waals surface area contributed by atoms with Crippen LogP contribution >= 0.6 is 0 Å². The highest BCUT2D eigenvalue weighted by Gasteiger charge is 1.84. The summed E-state index contributed by atoms with van der Waals surface area (Å²) in [6.07, 6.45) is 2.08. The molecule has 0 aromatic heterocycles. The summed E-state index contributed by atoms with van der Waals surface area (Å²) in [6.45, 7) is 1.48. The normalized spacial score (nSPS) is 9.00. The Morgan fingerprint density at radius 1 is 1.56 bits per heavy atom. The minimum atomic E-state index is -1.07. The summed E-state index contributed by atoms with van der Waals surface area (Å²) in [5.74, 6) is 0.472.